The number of hydrogen-bond donors (Lipinski definition) is 1. The van der Waals surface area contributed by atoms with Crippen LogP contribution < -0.4 is 0 Å². The number of halogens is 2. The number of hydrogen-bond acceptors (Lipinski definition) is 1. The molecule has 1 amide bonds. The number of likely N-dealkylation sites (tertiary alicyclic amines) is 1. The van der Waals surface area contributed by atoms with Crippen LogP contribution in [0.2, 0.25) is 0 Å². The first kappa shape index (κ1) is 14.3. The second kappa shape index (κ2) is 4.47. The van der Waals surface area contributed by atoms with E-state index in [-0.39, 0.29) is 6.54 Å². The molecule has 2 rings (SSSR count). The van der Waals surface area contributed by atoms with E-state index in [1.807, 2.05) is 20.8 Å². The molecule has 1 aromatic rings. The molecule has 0 aliphatic carbocycles. The van der Waals surface area contributed by atoms with Gasteiger partial charge >= 0.3 is 6.09 Å². The summed E-state index contributed by atoms with van der Waals surface area (Å²) in [7, 11) is 0. The lowest BCUT2D eigenvalue weighted by atomic mass is 9.67. The average molecular weight is 330 g/mol. The van der Waals surface area contributed by atoms with Gasteiger partial charge in [-0.15, -0.1) is 0 Å². The largest absolute Gasteiger partial charge is 0.465 e. The van der Waals surface area contributed by atoms with Gasteiger partial charge in [0.2, 0.25) is 0 Å². The minimum Gasteiger partial charge on any atom is -0.465 e. The van der Waals surface area contributed by atoms with Gasteiger partial charge in [-0.05, 0) is 23.1 Å². The SMILES string of the molecule is CC(C)(C)C1N(C(=O)O)CC1(F)c1ccc(Br)cc1. The highest BCUT2D eigenvalue weighted by atomic mass is 79.9. The van der Waals surface area contributed by atoms with Crippen LogP contribution in [0.25, 0.3) is 0 Å². The zero-order valence-corrected chi connectivity index (χ0v) is 12.7. The molecule has 0 spiro atoms. The quantitative estimate of drug-likeness (QED) is 0.845. The van der Waals surface area contributed by atoms with Crippen LogP contribution in [0.4, 0.5) is 9.18 Å². The lowest BCUT2D eigenvalue weighted by Gasteiger charge is -2.56. The Kier molecular flexibility index (Phi) is 3.37. The fourth-order valence-electron chi connectivity index (χ4n) is 2.87. The van der Waals surface area contributed by atoms with Crippen molar-refractivity contribution in [3.05, 3.63) is 34.3 Å². The van der Waals surface area contributed by atoms with Crippen molar-refractivity contribution in [2.45, 2.75) is 32.5 Å². The van der Waals surface area contributed by atoms with Crippen molar-refractivity contribution in [1.82, 2.24) is 4.90 Å². The highest BCUT2D eigenvalue weighted by Gasteiger charge is 2.61. The van der Waals surface area contributed by atoms with Gasteiger partial charge in [0.25, 0.3) is 0 Å². The Morgan fingerprint density at radius 3 is 2.37 bits per heavy atom. The molecule has 1 heterocycles. The maximum absolute atomic E-state index is 15.2. The molecule has 1 aliphatic rings. The molecule has 1 aromatic carbocycles. The van der Waals surface area contributed by atoms with Crippen molar-refractivity contribution in [3.8, 4) is 0 Å². The molecule has 19 heavy (non-hydrogen) atoms. The van der Waals surface area contributed by atoms with E-state index < -0.39 is 23.2 Å². The van der Waals surface area contributed by atoms with Crippen LogP contribution in [-0.2, 0) is 5.67 Å². The summed E-state index contributed by atoms with van der Waals surface area (Å²) in [5.41, 5.74) is -1.54. The molecular formula is C14H17BrFNO2. The normalized spacial score (nSPS) is 27.0. The molecule has 2 atom stereocenters. The first-order chi connectivity index (χ1) is 8.66. The standard InChI is InChI=1S/C14H17BrFNO2/c1-13(2,3)11-14(16,8-17(11)12(18)19)9-4-6-10(15)7-5-9/h4-7,11H,8H2,1-3H3,(H,18,19). The van der Waals surface area contributed by atoms with Gasteiger partial charge in [-0.2, -0.15) is 0 Å². The molecule has 2 unspecified atom stereocenters. The molecule has 0 aromatic heterocycles. The Morgan fingerprint density at radius 1 is 1.42 bits per heavy atom. The van der Waals surface area contributed by atoms with Crippen LogP contribution in [0.15, 0.2) is 28.7 Å². The lowest BCUT2D eigenvalue weighted by molar-refractivity contribution is -0.129. The zero-order chi connectivity index (χ0) is 14.4. The van der Waals surface area contributed by atoms with Gasteiger partial charge in [0.1, 0.15) is 0 Å². The molecule has 5 heteroatoms. The van der Waals surface area contributed by atoms with Crippen molar-refractivity contribution < 1.29 is 14.3 Å². The summed E-state index contributed by atoms with van der Waals surface area (Å²) in [6.45, 7) is 5.48. The van der Waals surface area contributed by atoms with E-state index in [0.717, 1.165) is 4.47 Å². The van der Waals surface area contributed by atoms with Gasteiger partial charge in [0.05, 0.1) is 12.6 Å². The Hall–Kier alpha value is -1.10. The second-order valence-electron chi connectivity index (χ2n) is 6.05. The Bertz CT molecular complexity index is 497. The first-order valence-electron chi connectivity index (χ1n) is 6.11. The van der Waals surface area contributed by atoms with Gasteiger partial charge < -0.3 is 5.11 Å². The summed E-state index contributed by atoms with van der Waals surface area (Å²) in [6, 6.07) is 6.31. The van der Waals surface area contributed by atoms with Crippen molar-refractivity contribution in [1.29, 1.82) is 0 Å². The third kappa shape index (κ3) is 2.36. The van der Waals surface area contributed by atoms with E-state index in [2.05, 4.69) is 15.9 Å². The number of nitrogens with zero attached hydrogens (tertiary/aromatic N) is 1. The summed E-state index contributed by atoms with van der Waals surface area (Å²) in [5, 5.41) is 9.14. The third-order valence-corrected chi connectivity index (χ3v) is 4.06. The van der Waals surface area contributed by atoms with Crippen LogP contribution in [0.5, 0.6) is 0 Å². The number of alkyl halides is 1. The zero-order valence-electron chi connectivity index (χ0n) is 11.2. The topological polar surface area (TPSA) is 40.5 Å². The maximum atomic E-state index is 15.2. The van der Waals surface area contributed by atoms with E-state index in [9.17, 15) is 4.79 Å². The van der Waals surface area contributed by atoms with Gasteiger partial charge in [-0.1, -0.05) is 48.8 Å². The highest BCUT2D eigenvalue weighted by molar-refractivity contribution is 9.10. The number of rotatable bonds is 1. The van der Waals surface area contributed by atoms with Crippen molar-refractivity contribution >= 4 is 22.0 Å². The third-order valence-electron chi connectivity index (χ3n) is 3.54. The number of benzene rings is 1. The van der Waals surface area contributed by atoms with Gasteiger partial charge in [-0.3, -0.25) is 4.90 Å². The Balaban J connectivity index is 2.38. The first-order valence-corrected chi connectivity index (χ1v) is 6.90. The van der Waals surface area contributed by atoms with E-state index in [0.29, 0.717) is 5.56 Å². The highest BCUT2D eigenvalue weighted by Crippen LogP contribution is 2.49. The smallest absolute Gasteiger partial charge is 0.407 e. The van der Waals surface area contributed by atoms with Gasteiger partial charge in [0.15, 0.2) is 5.67 Å². The molecule has 1 fully saturated rings. The molecule has 1 aliphatic heterocycles. The van der Waals surface area contributed by atoms with E-state index >= 15 is 4.39 Å². The minimum absolute atomic E-state index is 0.105. The molecule has 1 saturated heterocycles. The van der Waals surface area contributed by atoms with Gasteiger partial charge in [-0.25, -0.2) is 9.18 Å². The summed E-state index contributed by atoms with van der Waals surface area (Å²) in [5.74, 6) is 0. The molecule has 0 bridgehead atoms. The molecule has 0 radical (unpaired) electrons. The number of carboxylic acid groups (broad SMARTS) is 1. The summed E-state index contributed by atoms with van der Waals surface area (Å²) < 4.78 is 16.1. The fraction of sp³-hybridized carbons (Fsp3) is 0.500. The van der Waals surface area contributed by atoms with Crippen molar-refractivity contribution in [2.24, 2.45) is 5.41 Å². The van der Waals surface area contributed by atoms with Gasteiger partial charge in [0, 0.05) is 4.47 Å². The minimum atomic E-state index is -1.61. The maximum Gasteiger partial charge on any atom is 0.407 e. The van der Waals surface area contributed by atoms with Crippen molar-refractivity contribution in [3.63, 3.8) is 0 Å². The summed E-state index contributed by atoms with van der Waals surface area (Å²) in [6.07, 6.45) is -1.06. The molecule has 104 valence electrons. The number of carbonyl (C=O) groups is 1. The van der Waals surface area contributed by atoms with Crippen LogP contribution in [-0.4, -0.2) is 28.7 Å². The Morgan fingerprint density at radius 2 is 1.95 bits per heavy atom. The second-order valence-corrected chi connectivity index (χ2v) is 6.96. The average Bonchev–Trinajstić information content (AvgIpc) is 2.23. The molecule has 1 N–H and O–H groups in total. The van der Waals surface area contributed by atoms with Crippen molar-refractivity contribution in [2.75, 3.05) is 6.54 Å². The van der Waals surface area contributed by atoms with Crippen LogP contribution in [0.3, 0.4) is 0 Å². The van der Waals surface area contributed by atoms with Crippen LogP contribution in [0, 0.1) is 5.41 Å². The molecule has 0 saturated carbocycles. The van der Waals surface area contributed by atoms with E-state index in [1.165, 1.54) is 4.90 Å². The number of amides is 1. The fourth-order valence-corrected chi connectivity index (χ4v) is 3.13. The predicted octanol–water partition coefficient (Wildman–Crippen LogP) is 4.02. The summed E-state index contributed by atoms with van der Waals surface area (Å²) >= 11 is 3.31. The van der Waals surface area contributed by atoms with Crippen LogP contribution in [0.1, 0.15) is 26.3 Å². The summed E-state index contributed by atoms with van der Waals surface area (Å²) in [4.78, 5) is 12.3. The lowest BCUT2D eigenvalue weighted by Crippen LogP contribution is -2.70. The van der Waals surface area contributed by atoms with Crippen LogP contribution >= 0.6 is 15.9 Å². The van der Waals surface area contributed by atoms with E-state index in [1.54, 1.807) is 24.3 Å². The van der Waals surface area contributed by atoms with E-state index in [4.69, 9.17) is 5.11 Å². The molecule has 3 nitrogen and oxygen atoms in total. The predicted molar refractivity (Wildman–Crippen MR) is 74.9 cm³/mol. The molecular weight excluding hydrogens is 313 g/mol. The monoisotopic (exact) mass is 329 g/mol. The Labute approximate surface area is 120 Å².